The van der Waals surface area contributed by atoms with Crippen LogP contribution in [0.1, 0.15) is 49.5 Å². The number of rotatable bonds is 5. The number of aliphatic imine (C=N–C) groups is 1. The number of nitrogens with zero attached hydrogens (tertiary/aromatic N) is 2. The van der Waals surface area contributed by atoms with Crippen LogP contribution in [0, 0.1) is 6.92 Å². The normalized spacial score (nSPS) is 22.6. The van der Waals surface area contributed by atoms with Gasteiger partial charge in [0, 0.05) is 36.6 Å². The Kier molecular flexibility index (Phi) is 8.30. The lowest BCUT2D eigenvalue weighted by Crippen LogP contribution is -2.45. The Bertz CT molecular complexity index is 525. The van der Waals surface area contributed by atoms with Gasteiger partial charge in [0.1, 0.15) is 0 Å². The highest BCUT2D eigenvalue weighted by Gasteiger charge is 2.30. The lowest BCUT2D eigenvalue weighted by molar-refractivity contribution is 0.242. The van der Waals surface area contributed by atoms with Crippen LogP contribution in [0.3, 0.4) is 0 Å². The second-order valence-electron chi connectivity index (χ2n) is 6.79. The molecule has 0 spiro atoms. The van der Waals surface area contributed by atoms with Crippen LogP contribution in [-0.4, -0.2) is 42.6 Å². The fraction of sp³-hybridized carbons (Fsp3) is 0.722. The van der Waals surface area contributed by atoms with Gasteiger partial charge in [0.25, 0.3) is 0 Å². The molecule has 2 N–H and O–H groups in total. The summed E-state index contributed by atoms with van der Waals surface area (Å²) in [5, 5.41) is 9.20. The number of aryl methyl sites for hydroxylation is 1. The van der Waals surface area contributed by atoms with Crippen LogP contribution in [0.15, 0.2) is 16.4 Å². The van der Waals surface area contributed by atoms with Gasteiger partial charge >= 0.3 is 0 Å². The average molecular weight is 462 g/mol. The Morgan fingerprint density at radius 2 is 2.12 bits per heavy atom. The number of likely N-dealkylation sites (tertiary alicyclic amines) is 1. The minimum atomic E-state index is 0. The maximum Gasteiger partial charge on any atom is 0.191 e. The molecule has 0 amide bonds. The lowest BCUT2D eigenvalue weighted by atomic mass is 10.2. The van der Waals surface area contributed by atoms with Gasteiger partial charge in [0.2, 0.25) is 0 Å². The van der Waals surface area contributed by atoms with Gasteiger partial charge in [-0.2, -0.15) is 0 Å². The van der Waals surface area contributed by atoms with Crippen LogP contribution in [-0.2, 0) is 6.54 Å². The van der Waals surface area contributed by atoms with E-state index in [0.29, 0.717) is 6.04 Å². The molecule has 1 aliphatic carbocycles. The summed E-state index contributed by atoms with van der Waals surface area (Å²) < 4.78 is 0. The maximum absolute atomic E-state index is 4.79. The fourth-order valence-corrected chi connectivity index (χ4v) is 4.57. The molecule has 0 bridgehead atoms. The molecule has 2 heterocycles. The molecule has 1 saturated carbocycles. The maximum atomic E-state index is 4.79. The van der Waals surface area contributed by atoms with Crippen LogP contribution < -0.4 is 10.6 Å². The zero-order valence-corrected chi connectivity index (χ0v) is 18.0. The van der Waals surface area contributed by atoms with Crippen LogP contribution in [0.5, 0.6) is 0 Å². The first-order chi connectivity index (χ1) is 11.3. The van der Waals surface area contributed by atoms with Gasteiger partial charge in [-0.15, -0.1) is 35.3 Å². The van der Waals surface area contributed by atoms with Gasteiger partial charge in [-0.3, -0.25) is 4.90 Å². The number of thiophene rings is 1. The molecular weight excluding hydrogens is 431 g/mol. The molecule has 1 aromatic heterocycles. The molecule has 1 aromatic rings. The van der Waals surface area contributed by atoms with E-state index in [-0.39, 0.29) is 24.0 Å². The second-order valence-corrected chi connectivity index (χ2v) is 7.79. The van der Waals surface area contributed by atoms with Crippen molar-refractivity contribution < 1.29 is 0 Å². The molecule has 2 fully saturated rings. The van der Waals surface area contributed by atoms with Crippen molar-refractivity contribution in [2.75, 3.05) is 19.6 Å². The van der Waals surface area contributed by atoms with Gasteiger partial charge in [0.15, 0.2) is 5.96 Å². The van der Waals surface area contributed by atoms with Gasteiger partial charge in [-0.1, -0.05) is 12.8 Å². The molecule has 24 heavy (non-hydrogen) atoms. The van der Waals surface area contributed by atoms with E-state index in [1.165, 1.54) is 55.6 Å². The minimum absolute atomic E-state index is 0. The SMILES string of the molecule is CCNC(=NCc1sccc1C)NC1CCN(C2CCCC2)C1.I. The van der Waals surface area contributed by atoms with E-state index in [4.69, 9.17) is 4.99 Å². The predicted molar refractivity (Wildman–Crippen MR) is 115 cm³/mol. The van der Waals surface area contributed by atoms with E-state index in [0.717, 1.165) is 25.1 Å². The van der Waals surface area contributed by atoms with E-state index >= 15 is 0 Å². The number of hydrogen-bond donors (Lipinski definition) is 2. The molecule has 0 aromatic carbocycles. The van der Waals surface area contributed by atoms with Crippen molar-refractivity contribution in [2.45, 2.75) is 64.6 Å². The Balaban J connectivity index is 0.00000208. The molecule has 1 saturated heterocycles. The molecule has 1 aliphatic heterocycles. The van der Waals surface area contributed by atoms with Crippen molar-refractivity contribution in [3.05, 3.63) is 21.9 Å². The fourth-order valence-electron chi connectivity index (χ4n) is 3.74. The van der Waals surface area contributed by atoms with E-state index in [1.54, 1.807) is 11.3 Å². The van der Waals surface area contributed by atoms with E-state index in [2.05, 4.69) is 40.8 Å². The largest absolute Gasteiger partial charge is 0.357 e. The van der Waals surface area contributed by atoms with Crippen LogP contribution in [0.25, 0.3) is 0 Å². The Morgan fingerprint density at radius 1 is 1.33 bits per heavy atom. The molecule has 3 rings (SSSR count). The number of halogens is 1. The van der Waals surface area contributed by atoms with Crippen molar-refractivity contribution in [3.63, 3.8) is 0 Å². The van der Waals surface area contributed by atoms with Crippen molar-refractivity contribution >= 4 is 41.3 Å². The second kappa shape index (κ2) is 9.97. The first-order valence-electron chi connectivity index (χ1n) is 9.08. The van der Waals surface area contributed by atoms with Gasteiger partial charge in [0.05, 0.1) is 6.54 Å². The van der Waals surface area contributed by atoms with Crippen molar-refractivity contribution in [3.8, 4) is 0 Å². The third-order valence-corrected chi connectivity index (χ3v) is 6.10. The van der Waals surface area contributed by atoms with Crippen molar-refractivity contribution in [1.82, 2.24) is 15.5 Å². The van der Waals surface area contributed by atoms with E-state index < -0.39 is 0 Å². The van der Waals surface area contributed by atoms with Crippen LogP contribution >= 0.6 is 35.3 Å². The van der Waals surface area contributed by atoms with Gasteiger partial charge < -0.3 is 10.6 Å². The zero-order valence-electron chi connectivity index (χ0n) is 14.9. The summed E-state index contributed by atoms with van der Waals surface area (Å²) in [6.45, 7) is 8.40. The summed E-state index contributed by atoms with van der Waals surface area (Å²) >= 11 is 1.80. The lowest BCUT2D eigenvalue weighted by Gasteiger charge is -2.24. The summed E-state index contributed by atoms with van der Waals surface area (Å²) in [6.07, 6.45) is 6.88. The third-order valence-electron chi connectivity index (χ3n) is 5.09. The van der Waals surface area contributed by atoms with Gasteiger partial charge in [-0.05, 0) is 50.1 Å². The highest BCUT2D eigenvalue weighted by atomic mass is 127. The Labute approximate surface area is 167 Å². The number of guanidine groups is 1. The third kappa shape index (κ3) is 5.33. The van der Waals surface area contributed by atoms with E-state index in [1.807, 2.05) is 0 Å². The first kappa shape index (κ1) is 20.0. The summed E-state index contributed by atoms with van der Waals surface area (Å²) in [5.74, 6) is 0.971. The average Bonchev–Trinajstić information content (AvgIpc) is 3.26. The molecule has 4 nitrogen and oxygen atoms in total. The monoisotopic (exact) mass is 462 g/mol. The van der Waals surface area contributed by atoms with Gasteiger partial charge in [-0.25, -0.2) is 4.99 Å². The van der Waals surface area contributed by atoms with E-state index in [9.17, 15) is 0 Å². The zero-order chi connectivity index (χ0) is 16.1. The highest BCUT2D eigenvalue weighted by molar-refractivity contribution is 14.0. The number of nitrogens with one attached hydrogen (secondary N) is 2. The first-order valence-corrected chi connectivity index (χ1v) is 9.96. The van der Waals surface area contributed by atoms with Crippen LogP contribution in [0.2, 0.25) is 0 Å². The molecule has 2 aliphatic rings. The Morgan fingerprint density at radius 3 is 2.79 bits per heavy atom. The predicted octanol–water partition coefficient (Wildman–Crippen LogP) is 3.75. The summed E-state index contributed by atoms with van der Waals surface area (Å²) in [6, 6.07) is 3.56. The molecule has 1 unspecified atom stereocenters. The highest BCUT2D eigenvalue weighted by Crippen LogP contribution is 2.26. The minimum Gasteiger partial charge on any atom is -0.357 e. The Hall–Kier alpha value is -0.340. The molecule has 1 atom stereocenters. The van der Waals surface area contributed by atoms with Crippen LogP contribution in [0.4, 0.5) is 0 Å². The smallest absolute Gasteiger partial charge is 0.191 e. The summed E-state index contributed by atoms with van der Waals surface area (Å²) in [4.78, 5) is 8.84. The number of hydrogen-bond acceptors (Lipinski definition) is 3. The molecule has 136 valence electrons. The quantitative estimate of drug-likeness (QED) is 0.398. The topological polar surface area (TPSA) is 39.7 Å². The molecular formula is C18H31IN4S. The molecule has 6 heteroatoms. The summed E-state index contributed by atoms with van der Waals surface area (Å²) in [5.41, 5.74) is 1.35. The van der Waals surface area contributed by atoms with Crippen molar-refractivity contribution in [1.29, 1.82) is 0 Å². The molecule has 0 radical (unpaired) electrons. The standard InChI is InChI=1S/C18H30N4S.HI/c1-3-19-18(20-12-17-14(2)9-11-23-17)21-15-8-10-22(13-15)16-6-4-5-7-16;/h9,11,15-16H,3-8,10,12-13H2,1-2H3,(H2,19,20,21);1H. The summed E-state index contributed by atoms with van der Waals surface area (Å²) in [7, 11) is 0. The van der Waals surface area contributed by atoms with Crippen molar-refractivity contribution in [2.24, 2.45) is 4.99 Å².